The smallest absolute Gasteiger partial charge is 0.0406 e. The van der Waals surface area contributed by atoms with E-state index in [9.17, 15) is 0 Å². The van der Waals surface area contributed by atoms with Crippen LogP contribution in [0.25, 0.3) is 0 Å². The molecule has 1 atom stereocenters. The quantitative estimate of drug-likeness (QED) is 0.630. The summed E-state index contributed by atoms with van der Waals surface area (Å²) in [7, 11) is 0. The van der Waals surface area contributed by atoms with Gasteiger partial charge >= 0.3 is 0 Å². The largest absolute Gasteiger partial charge is 0.326 e. The highest BCUT2D eigenvalue weighted by Gasteiger charge is 2.01. The fraction of sp³-hybridized carbons (Fsp3) is 0.273. The lowest BCUT2D eigenvalue weighted by atomic mass is 10.3. The van der Waals surface area contributed by atoms with Crippen LogP contribution in [-0.2, 0) is 0 Å². The topological polar surface area (TPSA) is 26.0 Å². The van der Waals surface area contributed by atoms with Crippen LogP contribution in [0.3, 0.4) is 0 Å². The summed E-state index contributed by atoms with van der Waals surface area (Å²) in [5.41, 5.74) is 5.77. The second-order valence-electron chi connectivity index (χ2n) is 2.93. The van der Waals surface area contributed by atoms with E-state index in [4.69, 9.17) is 23.8 Å². The van der Waals surface area contributed by atoms with Crippen molar-refractivity contribution in [2.75, 3.05) is 5.75 Å². The summed E-state index contributed by atoms with van der Waals surface area (Å²) in [5.74, 6) is 3.39. The lowest BCUT2D eigenvalue weighted by Crippen LogP contribution is -2.21. The first kappa shape index (κ1) is 11.5. The van der Waals surface area contributed by atoms with Crippen molar-refractivity contribution in [1.82, 2.24) is 0 Å². The highest BCUT2D eigenvalue weighted by Crippen LogP contribution is 2.20. The van der Waals surface area contributed by atoms with Crippen molar-refractivity contribution in [3.63, 3.8) is 0 Å². The van der Waals surface area contributed by atoms with E-state index in [1.54, 1.807) is 11.8 Å². The third kappa shape index (κ3) is 4.06. The number of hydrogen-bond acceptors (Lipinski definition) is 2. The molecule has 0 spiro atoms. The van der Waals surface area contributed by atoms with Crippen molar-refractivity contribution in [3.05, 3.63) is 29.3 Å². The van der Waals surface area contributed by atoms with Crippen molar-refractivity contribution in [2.45, 2.75) is 17.4 Å². The van der Waals surface area contributed by atoms with Gasteiger partial charge in [0.1, 0.15) is 0 Å². The predicted molar refractivity (Wildman–Crippen MR) is 63.6 cm³/mol. The van der Waals surface area contributed by atoms with Crippen molar-refractivity contribution in [2.24, 2.45) is 5.73 Å². The van der Waals surface area contributed by atoms with Crippen LogP contribution in [0.15, 0.2) is 29.2 Å². The highest BCUT2D eigenvalue weighted by molar-refractivity contribution is 7.99. The molecular weight excluding hydrogens is 214 g/mol. The van der Waals surface area contributed by atoms with E-state index in [2.05, 4.69) is 5.92 Å². The summed E-state index contributed by atoms with van der Waals surface area (Å²) in [6.07, 6.45) is 5.79. The molecule has 0 aliphatic carbocycles. The van der Waals surface area contributed by atoms with E-state index in [-0.39, 0.29) is 6.04 Å². The van der Waals surface area contributed by atoms with Gasteiger partial charge in [0, 0.05) is 28.1 Å². The zero-order chi connectivity index (χ0) is 10.4. The van der Waals surface area contributed by atoms with Crippen LogP contribution in [-0.4, -0.2) is 11.8 Å². The lowest BCUT2D eigenvalue weighted by Gasteiger charge is -2.07. The molecule has 0 heterocycles. The summed E-state index contributed by atoms with van der Waals surface area (Å²) in [6, 6.07) is 7.78. The maximum absolute atomic E-state index is 5.77. The number of rotatable bonds is 4. The number of hydrogen-bond donors (Lipinski definition) is 1. The molecule has 0 saturated carbocycles. The Bertz CT molecular complexity index is 315. The maximum Gasteiger partial charge on any atom is 0.0406 e. The van der Waals surface area contributed by atoms with Crippen LogP contribution in [0.4, 0.5) is 0 Å². The maximum atomic E-state index is 5.77. The Kier molecular flexibility index (Phi) is 4.89. The minimum absolute atomic E-state index is 0.0701. The molecule has 1 rings (SSSR count). The Morgan fingerprint density at radius 2 is 2.07 bits per heavy atom. The zero-order valence-electron chi connectivity index (χ0n) is 7.74. The fourth-order valence-electron chi connectivity index (χ4n) is 0.944. The molecular formula is C11H12ClNS. The van der Waals surface area contributed by atoms with Crippen molar-refractivity contribution < 1.29 is 0 Å². The van der Waals surface area contributed by atoms with Crippen LogP contribution in [0.1, 0.15) is 6.42 Å². The van der Waals surface area contributed by atoms with Gasteiger partial charge in [-0.25, -0.2) is 0 Å². The minimum Gasteiger partial charge on any atom is -0.326 e. The Morgan fingerprint density at radius 1 is 1.43 bits per heavy atom. The van der Waals surface area contributed by atoms with E-state index in [0.717, 1.165) is 10.8 Å². The molecule has 0 radical (unpaired) electrons. The van der Waals surface area contributed by atoms with E-state index in [0.29, 0.717) is 6.42 Å². The van der Waals surface area contributed by atoms with E-state index < -0.39 is 0 Å². The van der Waals surface area contributed by atoms with Gasteiger partial charge in [0.05, 0.1) is 0 Å². The van der Waals surface area contributed by atoms with Crippen LogP contribution < -0.4 is 5.73 Å². The summed E-state index contributed by atoms with van der Waals surface area (Å²) in [6.45, 7) is 0. The number of halogens is 1. The Balaban J connectivity index is 2.39. The van der Waals surface area contributed by atoms with E-state index in [1.165, 1.54) is 4.90 Å². The first-order chi connectivity index (χ1) is 6.72. The Morgan fingerprint density at radius 3 is 2.64 bits per heavy atom. The molecule has 0 amide bonds. The molecule has 1 aromatic rings. The Labute approximate surface area is 94.0 Å². The molecule has 0 saturated heterocycles. The number of thioether (sulfide) groups is 1. The summed E-state index contributed by atoms with van der Waals surface area (Å²) >= 11 is 7.46. The monoisotopic (exact) mass is 225 g/mol. The van der Waals surface area contributed by atoms with Gasteiger partial charge in [-0.3, -0.25) is 0 Å². The van der Waals surface area contributed by atoms with Crippen LogP contribution in [0, 0.1) is 12.3 Å². The SMILES string of the molecule is C#CCC(N)CSc1ccc(Cl)cc1. The predicted octanol–water partition coefficient (Wildman–Crippen LogP) is 2.78. The molecule has 0 fully saturated rings. The molecule has 0 bridgehead atoms. The lowest BCUT2D eigenvalue weighted by molar-refractivity contribution is 0.783. The van der Waals surface area contributed by atoms with Crippen LogP contribution >= 0.6 is 23.4 Å². The van der Waals surface area contributed by atoms with Gasteiger partial charge < -0.3 is 5.73 Å². The summed E-state index contributed by atoms with van der Waals surface area (Å²) in [4.78, 5) is 1.17. The average Bonchev–Trinajstić information content (AvgIpc) is 2.17. The van der Waals surface area contributed by atoms with Gasteiger partial charge in [-0.2, -0.15) is 0 Å². The second kappa shape index (κ2) is 5.98. The highest BCUT2D eigenvalue weighted by atomic mass is 35.5. The molecule has 2 N–H and O–H groups in total. The minimum atomic E-state index is 0.0701. The number of terminal acetylenes is 1. The van der Waals surface area contributed by atoms with Gasteiger partial charge in [-0.1, -0.05) is 11.6 Å². The number of benzene rings is 1. The van der Waals surface area contributed by atoms with Gasteiger partial charge in [-0.15, -0.1) is 24.1 Å². The molecule has 1 unspecified atom stereocenters. The average molecular weight is 226 g/mol. The standard InChI is InChI=1S/C11H12ClNS/c1-2-3-10(13)8-14-11-6-4-9(12)5-7-11/h1,4-7,10H,3,8,13H2. The van der Waals surface area contributed by atoms with Crippen LogP contribution in [0.2, 0.25) is 5.02 Å². The number of nitrogens with two attached hydrogens (primary N) is 1. The third-order valence-corrected chi connectivity index (χ3v) is 3.11. The molecule has 0 aliphatic heterocycles. The van der Waals surface area contributed by atoms with Gasteiger partial charge in [0.15, 0.2) is 0 Å². The molecule has 0 aromatic heterocycles. The van der Waals surface area contributed by atoms with Crippen molar-refractivity contribution in [3.8, 4) is 12.3 Å². The molecule has 3 heteroatoms. The van der Waals surface area contributed by atoms with E-state index in [1.807, 2.05) is 24.3 Å². The Hall–Kier alpha value is -0.620. The third-order valence-electron chi connectivity index (χ3n) is 1.66. The van der Waals surface area contributed by atoms with E-state index >= 15 is 0 Å². The molecule has 1 aromatic carbocycles. The molecule has 74 valence electrons. The summed E-state index contributed by atoms with van der Waals surface area (Å²) < 4.78 is 0. The van der Waals surface area contributed by atoms with Gasteiger partial charge in [0.2, 0.25) is 0 Å². The van der Waals surface area contributed by atoms with Gasteiger partial charge in [0.25, 0.3) is 0 Å². The second-order valence-corrected chi connectivity index (χ2v) is 4.46. The van der Waals surface area contributed by atoms with Gasteiger partial charge in [-0.05, 0) is 24.3 Å². The van der Waals surface area contributed by atoms with Crippen LogP contribution in [0.5, 0.6) is 0 Å². The van der Waals surface area contributed by atoms with Crippen molar-refractivity contribution >= 4 is 23.4 Å². The molecule has 14 heavy (non-hydrogen) atoms. The first-order valence-corrected chi connectivity index (χ1v) is 5.66. The van der Waals surface area contributed by atoms with Crippen molar-refractivity contribution in [1.29, 1.82) is 0 Å². The molecule has 1 nitrogen and oxygen atoms in total. The fourth-order valence-corrected chi connectivity index (χ4v) is 1.92. The first-order valence-electron chi connectivity index (χ1n) is 4.30. The summed E-state index contributed by atoms with van der Waals surface area (Å²) in [5, 5.41) is 0.752. The normalized spacial score (nSPS) is 12.1. The zero-order valence-corrected chi connectivity index (χ0v) is 9.31. The molecule has 0 aliphatic rings.